The van der Waals surface area contributed by atoms with Crippen LogP contribution in [0.25, 0.3) is 0 Å². The van der Waals surface area contributed by atoms with Crippen molar-refractivity contribution >= 4 is 0 Å². The molecule has 1 fully saturated rings. The van der Waals surface area contributed by atoms with Crippen LogP contribution in [0.2, 0.25) is 0 Å². The minimum Gasteiger partial charge on any atom is -0.316 e. The van der Waals surface area contributed by atoms with Gasteiger partial charge in [-0.05, 0) is 25.5 Å². The normalized spacial score (nSPS) is 18.8. The second-order valence-electron chi connectivity index (χ2n) is 6.16. The molecular formula is C17H24N4. The molecule has 1 aromatic heterocycles. The summed E-state index contributed by atoms with van der Waals surface area (Å²) in [5, 5.41) is 11.9. The van der Waals surface area contributed by atoms with Crippen LogP contribution in [0.15, 0.2) is 36.5 Å². The SMILES string of the molecule is CNC(Cc1cn(C)nn1)C1(c2ccccc2)CCCC1. The smallest absolute Gasteiger partial charge is 0.0842 e. The van der Waals surface area contributed by atoms with E-state index in [4.69, 9.17) is 0 Å². The predicted octanol–water partition coefficient (Wildman–Crippen LogP) is 2.46. The lowest BCUT2D eigenvalue weighted by atomic mass is 9.71. The third kappa shape index (κ3) is 2.72. The van der Waals surface area contributed by atoms with Gasteiger partial charge in [-0.1, -0.05) is 48.4 Å². The van der Waals surface area contributed by atoms with E-state index in [2.05, 4.69) is 53.0 Å². The van der Waals surface area contributed by atoms with Gasteiger partial charge in [-0.15, -0.1) is 5.10 Å². The van der Waals surface area contributed by atoms with Gasteiger partial charge in [0.05, 0.1) is 5.69 Å². The Morgan fingerprint density at radius 1 is 1.24 bits per heavy atom. The molecule has 1 aromatic carbocycles. The van der Waals surface area contributed by atoms with E-state index >= 15 is 0 Å². The van der Waals surface area contributed by atoms with E-state index in [0.29, 0.717) is 6.04 Å². The summed E-state index contributed by atoms with van der Waals surface area (Å²) in [6.45, 7) is 0. The Kier molecular flexibility index (Phi) is 4.06. The first kappa shape index (κ1) is 14.3. The van der Waals surface area contributed by atoms with Crippen molar-refractivity contribution in [3.8, 4) is 0 Å². The third-order valence-electron chi connectivity index (χ3n) is 4.92. The molecule has 3 rings (SSSR count). The fraction of sp³-hybridized carbons (Fsp3) is 0.529. The average molecular weight is 284 g/mol. The molecule has 1 aliphatic rings. The summed E-state index contributed by atoms with van der Waals surface area (Å²) in [5.41, 5.74) is 2.76. The number of benzene rings is 1. The van der Waals surface area contributed by atoms with Crippen molar-refractivity contribution in [1.82, 2.24) is 20.3 Å². The summed E-state index contributed by atoms with van der Waals surface area (Å²) >= 11 is 0. The molecular weight excluding hydrogens is 260 g/mol. The number of nitrogens with one attached hydrogen (secondary N) is 1. The first-order chi connectivity index (χ1) is 10.2. The van der Waals surface area contributed by atoms with Gasteiger partial charge in [0.15, 0.2) is 0 Å². The minimum atomic E-state index is 0.230. The minimum absolute atomic E-state index is 0.230. The van der Waals surface area contributed by atoms with Gasteiger partial charge < -0.3 is 5.32 Å². The molecule has 1 heterocycles. The van der Waals surface area contributed by atoms with Crippen LogP contribution < -0.4 is 5.32 Å². The molecule has 1 saturated carbocycles. The third-order valence-corrected chi connectivity index (χ3v) is 4.92. The summed E-state index contributed by atoms with van der Waals surface area (Å²) in [5.74, 6) is 0. The standard InChI is InChI=1S/C17H24N4/c1-18-16(12-15-13-21(2)20-19-15)17(10-6-7-11-17)14-8-4-3-5-9-14/h3-5,8-9,13,16,18H,6-7,10-12H2,1-2H3. The fourth-order valence-electron chi connectivity index (χ4n) is 3.89. The topological polar surface area (TPSA) is 42.7 Å². The molecule has 1 unspecified atom stereocenters. The highest BCUT2D eigenvalue weighted by molar-refractivity contribution is 5.30. The van der Waals surface area contributed by atoms with Crippen LogP contribution in [0, 0.1) is 0 Å². The van der Waals surface area contributed by atoms with Crippen molar-refractivity contribution in [2.24, 2.45) is 7.05 Å². The van der Waals surface area contributed by atoms with Gasteiger partial charge in [-0.2, -0.15) is 0 Å². The predicted molar refractivity (Wildman–Crippen MR) is 84.1 cm³/mol. The van der Waals surface area contributed by atoms with Crippen molar-refractivity contribution in [2.75, 3.05) is 7.05 Å². The highest BCUT2D eigenvalue weighted by Gasteiger charge is 2.42. The number of nitrogens with zero attached hydrogens (tertiary/aromatic N) is 3. The summed E-state index contributed by atoms with van der Waals surface area (Å²) in [4.78, 5) is 0. The van der Waals surface area contributed by atoms with Crippen molar-refractivity contribution in [3.05, 3.63) is 47.8 Å². The lowest BCUT2D eigenvalue weighted by Gasteiger charge is -2.38. The Morgan fingerprint density at radius 2 is 1.95 bits per heavy atom. The number of rotatable bonds is 5. The van der Waals surface area contributed by atoms with Gasteiger partial charge >= 0.3 is 0 Å². The zero-order chi connectivity index (χ0) is 14.7. The molecule has 0 aliphatic heterocycles. The molecule has 0 saturated heterocycles. The largest absolute Gasteiger partial charge is 0.316 e. The van der Waals surface area contributed by atoms with E-state index in [-0.39, 0.29) is 5.41 Å². The van der Waals surface area contributed by atoms with Crippen molar-refractivity contribution in [1.29, 1.82) is 0 Å². The van der Waals surface area contributed by atoms with Crippen LogP contribution in [0.5, 0.6) is 0 Å². The van der Waals surface area contributed by atoms with E-state index in [1.807, 2.05) is 13.2 Å². The molecule has 2 aromatic rings. The maximum absolute atomic E-state index is 4.27. The maximum Gasteiger partial charge on any atom is 0.0842 e. The number of aryl methyl sites for hydroxylation is 1. The molecule has 21 heavy (non-hydrogen) atoms. The maximum atomic E-state index is 4.27. The molecule has 1 N–H and O–H groups in total. The Balaban J connectivity index is 1.91. The van der Waals surface area contributed by atoms with Gasteiger partial charge in [-0.3, -0.25) is 4.68 Å². The lowest BCUT2D eigenvalue weighted by Crippen LogP contribution is -2.47. The summed E-state index contributed by atoms with van der Waals surface area (Å²) in [6.07, 6.45) is 8.09. The van der Waals surface area contributed by atoms with Crippen LogP contribution in [0.3, 0.4) is 0 Å². The number of hydrogen-bond donors (Lipinski definition) is 1. The highest BCUT2D eigenvalue weighted by Crippen LogP contribution is 2.44. The molecule has 0 spiro atoms. The Bertz CT molecular complexity index is 569. The zero-order valence-corrected chi connectivity index (χ0v) is 12.9. The summed E-state index contributed by atoms with van der Waals surface area (Å²) in [7, 11) is 4.00. The molecule has 4 heteroatoms. The molecule has 1 aliphatic carbocycles. The van der Waals surface area contributed by atoms with E-state index in [9.17, 15) is 0 Å². The average Bonchev–Trinajstić information content (AvgIpc) is 3.15. The first-order valence-corrected chi connectivity index (χ1v) is 7.82. The van der Waals surface area contributed by atoms with E-state index in [1.165, 1.54) is 31.2 Å². The Morgan fingerprint density at radius 3 is 2.52 bits per heavy atom. The zero-order valence-electron chi connectivity index (χ0n) is 12.9. The van der Waals surface area contributed by atoms with Crippen LogP contribution in [-0.2, 0) is 18.9 Å². The monoisotopic (exact) mass is 284 g/mol. The molecule has 4 nitrogen and oxygen atoms in total. The second-order valence-corrected chi connectivity index (χ2v) is 6.16. The van der Waals surface area contributed by atoms with Gasteiger partial charge in [0, 0.05) is 31.1 Å². The van der Waals surface area contributed by atoms with Crippen LogP contribution >= 0.6 is 0 Å². The number of likely N-dealkylation sites (N-methyl/N-ethyl adjacent to an activating group) is 1. The second kappa shape index (κ2) is 5.98. The van der Waals surface area contributed by atoms with Crippen molar-refractivity contribution in [2.45, 2.75) is 43.6 Å². The van der Waals surface area contributed by atoms with Crippen LogP contribution in [-0.4, -0.2) is 28.1 Å². The molecule has 1 atom stereocenters. The van der Waals surface area contributed by atoms with E-state index < -0.39 is 0 Å². The quantitative estimate of drug-likeness (QED) is 0.917. The number of aromatic nitrogens is 3. The molecule has 112 valence electrons. The lowest BCUT2D eigenvalue weighted by molar-refractivity contribution is 0.306. The van der Waals surface area contributed by atoms with Crippen molar-refractivity contribution < 1.29 is 0 Å². The van der Waals surface area contributed by atoms with Crippen molar-refractivity contribution in [3.63, 3.8) is 0 Å². The van der Waals surface area contributed by atoms with Gasteiger partial charge in [0.2, 0.25) is 0 Å². The van der Waals surface area contributed by atoms with E-state index in [1.54, 1.807) is 4.68 Å². The van der Waals surface area contributed by atoms with Crippen LogP contribution in [0.1, 0.15) is 36.9 Å². The first-order valence-electron chi connectivity index (χ1n) is 7.82. The molecule has 0 radical (unpaired) electrons. The number of hydrogen-bond acceptors (Lipinski definition) is 3. The van der Waals surface area contributed by atoms with Gasteiger partial charge in [-0.25, -0.2) is 0 Å². The fourth-order valence-corrected chi connectivity index (χ4v) is 3.89. The Hall–Kier alpha value is -1.68. The summed E-state index contributed by atoms with van der Waals surface area (Å²) < 4.78 is 1.78. The van der Waals surface area contributed by atoms with Gasteiger partial charge in [0.1, 0.15) is 0 Å². The molecule has 0 amide bonds. The van der Waals surface area contributed by atoms with E-state index in [0.717, 1.165) is 12.1 Å². The summed E-state index contributed by atoms with van der Waals surface area (Å²) in [6, 6.07) is 11.4. The van der Waals surface area contributed by atoms with Gasteiger partial charge in [0.25, 0.3) is 0 Å². The molecule has 0 bridgehead atoms. The van der Waals surface area contributed by atoms with Crippen LogP contribution in [0.4, 0.5) is 0 Å². The Labute approximate surface area is 126 Å². The highest BCUT2D eigenvalue weighted by atomic mass is 15.4.